The lowest BCUT2D eigenvalue weighted by Gasteiger charge is -2.34. The zero-order valence-electron chi connectivity index (χ0n) is 14.4. The molecule has 8 nitrogen and oxygen atoms in total. The lowest BCUT2D eigenvalue weighted by Crippen LogP contribution is -2.52. The number of aromatic nitrogens is 2. The zero-order valence-corrected chi connectivity index (χ0v) is 16.1. The number of piperidine rings is 1. The molecule has 2 aromatic heterocycles. The van der Waals surface area contributed by atoms with E-state index >= 15 is 0 Å². The Labute approximate surface area is 157 Å². The number of morpholine rings is 1. The number of ether oxygens (including phenoxy) is 1. The number of H-pyrrole nitrogens is 1. The lowest BCUT2D eigenvalue weighted by atomic mass is 10.1. The second kappa shape index (κ2) is 7.65. The summed E-state index contributed by atoms with van der Waals surface area (Å²) in [6, 6.07) is 6.11. The molecule has 2 aliphatic heterocycles. The van der Waals surface area contributed by atoms with Crippen molar-refractivity contribution in [1.82, 2.24) is 19.2 Å². The van der Waals surface area contributed by atoms with E-state index in [4.69, 9.17) is 4.74 Å². The van der Waals surface area contributed by atoms with Crippen LogP contribution in [0.25, 0.3) is 10.6 Å². The molecule has 2 N–H and O–H groups in total. The van der Waals surface area contributed by atoms with Crippen molar-refractivity contribution in [3.63, 3.8) is 0 Å². The van der Waals surface area contributed by atoms with E-state index in [2.05, 4.69) is 32.0 Å². The highest BCUT2D eigenvalue weighted by molar-refractivity contribution is 7.87. The van der Waals surface area contributed by atoms with Crippen LogP contribution >= 0.6 is 11.3 Å². The van der Waals surface area contributed by atoms with Crippen molar-refractivity contribution in [2.75, 3.05) is 44.3 Å². The first-order valence-corrected chi connectivity index (χ1v) is 11.1. The highest BCUT2D eigenvalue weighted by Gasteiger charge is 2.29. The highest BCUT2D eigenvalue weighted by Crippen LogP contribution is 2.27. The topological polar surface area (TPSA) is 90.6 Å². The minimum atomic E-state index is -3.43. The average Bonchev–Trinajstić information content (AvgIpc) is 3.34. The smallest absolute Gasteiger partial charge is 0.279 e. The van der Waals surface area contributed by atoms with Crippen molar-refractivity contribution in [2.45, 2.75) is 18.9 Å². The molecule has 26 heavy (non-hydrogen) atoms. The first kappa shape index (κ1) is 17.9. The Morgan fingerprint density at radius 1 is 1.23 bits per heavy atom. The number of rotatable bonds is 5. The van der Waals surface area contributed by atoms with Gasteiger partial charge >= 0.3 is 0 Å². The largest absolute Gasteiger partial charge is 0.379 e. The van der Waals surface area contributed by atoms with Crippen LogP contribution in [0.4, 0.5) is 5.82 Å². The molecule has 0 amide bonds. The Morgan fingerprint density at radius 2 is 2.00 bits per heavy atom. The summed E-state index contributed by atoms with van der Waals surface area (Å²) >= 11 is 1.68. The summed E-state index contributed by atoms with van der Waals surface area (Å²) < 4.78 is 34.5. The number of hydrogen-bond acceptors (Lipinski definition) is 6. The van der Waals surface area contributed by atoms with Gasteiger partial charge in [0.05, 0.1) is 23.8 Å². The monoisotopic (exact) mass is 397 g/mol. The summed E-state index contributed by atoms with van der Waals surface area (Å²) in [5, 5.41) is 9.55. The van der Waals surface area contributed by atoms with Gasteiger partial charge in [0.25, 0.3) is 10.2 Å². The second-order valence-electron chi connectivity index (χ2n) is 6.51. The fourth-order valence-electron chi connectivity index (χ4n) is 3.33. The molecule has 0 bridgehead atoms. The molecular weight excluding hydrogens is 374 g/mol. The molecule has 2 aromatic rings. The minimum absolute atomic E-state index is 0.0326. The molecule has 4 heterocycles. The standard InChI is InChI=1S/C16H23N5O3S2/c22-26(23,21-7-9-24-10-8-21)19-13-3-5-20(6-4-13)16-12-14(17-18-16)15-2-1-11-25-15/h1-2,11-13,19H,3-10H2,(H,17,18). The first-order valence-electron chi connectivity index (χ1n) is 8.81. The van der Waals surface area contributed by atoms with E-state index in [9.17, 15) is 8.42 Å². The number of nitrogens with zero attached hydrogens (tertiary/aromatic N) is 3. The van der Waals surface area contributed by atoms with Gasteiger partial charge in [-0.1, -0.05) is 6.07 Å². The second-order valence-corrected chi connectivity index (χ2v) is 9.16. The predicted octanol–water partition coefficient (Wildman–Crippen LogP) is 1.27. The van der Waals surface area contributed by atoms with Crippen LogP contribution in [0.3, 0.4) is 0 Å². The van der Waals surface area contributed by atoms with E-state index in [1.54, 1.807) is 11.3 Å². The maximum Gasteiger partial charge on any atom is 0.279 e. The van der Waals surface area contributed by atoms with Gasteiger partial charge in [-0.15, -0.1) is 11.3 Å². The molecular formula is C16H23N5O3S2. The molecule has 142 valence electrons. The molecule has 0 aromatic carbocycles. The molecule has 0 unspecified atom stereocenters. The Kier molecular flexibility index (Phi) is 5.28. The summed E-state index contributed by atoms with van der Waals surface area (Å²) in [6.45, 7) is 3.34. The molecule has 0 saturated carbocycles. The van der Waals surface area contributed by atoms with Crippen LogP contribution in [0.2, 0.25) is 0 Å². The van der Waals surface area contributed by atoms with E-state index in [-0.39, 0.29) is 6.04 Å². The molecule has 4 rings (SSSR count). The van der Waals surface area contributed by atoms with Crippen LogP contribution in [-0.2, 0) is 14.9 Å². The van der Waals surface area contributed by atoms with Crippen molar-refractivity contribution in [1.29, 1.82) is 0 Å². The van der Waals surface area contributed by atoms with Crippen LogP contribution in [0.1, 0.15) is 12.8 Å². The molecule has 0 spiro atoms. The normalized spacial score (nSPS) is 20.5. The van der Waals surface area contributed by atoms with Gasteiger partial charge < -0.3 is 9.64 Å². The summed E-state index contributed by atoms with van der Waals surface area (Å²) in [4.78, 5) is 3.37. The molecule has 2 saturated heterocycles. The van der Waals surface area contributed by atoms with Crippen LogP contribution in [0, 0.1) is 0 Å². The van der Waals surface area contributed by atoms with Crippen molar-refractivity contribution < 1.29 is 13.2 Å². The number of nitrogens with one attached hydrogen (secondary N) is 2. The predicted molar refractivity (Wildman–Crippen MR) is 102 cm³/mol. The van der Waals surface area contributed by atoms with Crippen LogP contribution in [0.15, 0.2) is 23.6 Å². The zero-order chi connectivity index (χ0) is 18.0. The number of hydrogen-bond donors (Lipinski definition) is 2. The van der Waals surface area contributed by atoms with Crippen LogP contribution in [0.5, 0.6) is 0 Å². The Morgan fingerprint density at radius 3 is 2.69 bits per heavy atom. The fourth-order valence-corrected chi connectivity index (χ4v) is 5.46. The van der Waals surface area contributed by atoms with Crippen molar-refractivity contribution in [3.8, 4) is 10.6 Å². The molecule has 0 radical (unpaired) electrons. The highest BCUT2D eigenvalue weighted by atomic mass is 32.2. The fraction of sp³-hybridized carbons (Fsp3) is 0.562. The van der Waals surface area contributed by atoms with E-state index in [1.165, 1.54) is 4.31 Å². The maximum absolute atomic E-state index is 12.5. The third kappa shape index (κ3) is 3.94. The van der Waals surface area contributed by atoms with Gasteiger partial charge in [0, 0.05) is 38.3 Å². The van der Waals surface area contributed by atoms with Gasteiger partial charge in [0.1, 0.15) is 0 Å². The molecule has 10 heteroatoms. The van der Waals surface area contributed by atoms with E-state index in [0.29, 0.717) is 26.3 Å². The number of thiophene rings is 1. The first-order chi connectivity index (χ1) is 12.6. The summed E-state index contributed by atoms with van der Waals surface area (Å²) in [5.74, 6) is 0.919. The summed E-state index contributed by atoms with van der Waals surface area (Å²) in [6.07, 6.45) is 1.54. The quantitative estimate of drug-likeness (QED) is 0.793. The minimum Gasteiger partial charge on any atom is -0.379 e. The lowest BCUT2D eigenvalue weighted by molar-refractivity contribution is 0.0722. The summed E-state index contributed by atoms with van der Waals surface area (Å²) in [5.41, 5.74) is 1.02. The van der Waals surface area contributed by atoms with E-state index in [1.807, 2.05) is 11.4 Å². The third-order valence-corrected chi connectivity index (χ3v) is 7.37. The van der Waals surface area contributed by atoms with Gasteiger partial charge in [-0.05, 0) is 24.3 Å². The van der Waals surface area contributed by atoms with E-state index < -0.39 is 10.2 Å². The third-order valence-electron chi connectivity index (χ3n) is 4.80. The number of anilines is 1. The Balaban J connectivity index is 1.33. The van der Waals surface area contributed by atoms with Crippen LogP contribution < -0.4 is 9.62 Å². The van der Waals surface area contributed by atoms with Crippen molar-refractivity contribution in [2.24, 2.45) is 0 Å². The molecule has 2 aliphatic rings. The van der Waals surface area contributed by atoms with Gasteiger partial charge in [-0.2, -0.15) is 22.5 Å². The van der Waals surface area contributed by atoms with Crippen molar-refractivity contribution in [3.05, 3.63) is 23.6 Å². The Hall–Kier alpha value is -1.46. The summed E-state index contributed by atoms with van der Waals surface area (Å²) in [7, 11) is -3.43. The van der Waals surface area contributed by atoms with Gasteiger partial charge in [0.2, 0.25) is 0 Å². The van der Waals surface area contributed by atoms with Gasteiger partial charge in [-0.3, -0.25) is 5.10 Å². The molecule has 2 fully saturated rings. The van der Waals surface area contributed by atoms with Gasteiger partial charge in [-0.25, -0.2) is 0 Å². The van der Waals surface area contributed by atoms with E-state index in [0.717, 1.165) is 42.3 Å². The Bertz CT molecular complexity index is 807. The van der Waals surface area contributed by atoms with Crippen molar-refractivity contribution >= 4 is 27.4 Å². The van der Waals surface area contributed by atoms with Gasteiger partial charge in [0.15, 0.2) is 5.82 Å². The van der Waals surface area contributed by atoms with Crippen LogP contribution in [-0.4, -0.2) is 68.4 Å². The molecule has 0 aliphatic carbocycles. The average molecular weight is 398 g/mol. The SMILES string of the molecule is O=S(=O)(NC1CCN(c2cc(-c3cccs3)[nH]n2)CC1)N1CCOCC1. The maximum atomic E-state index is 12.5. The number of aromatic amines is 1. The molecule has 0 atom stereocenters.